The van der Waals surface area contributed by atoms with E-state index in [0.717, 1.165) is 0 Å². The number of aliphatic carboxylic acids is 1. The van der Waals surface area contributed by atoms with E-state index in [4.69, 9.17) is 16.6 Å². The van der Waals surface area contributed by atoms with Gasteiger partial charge in [-0.3, -0.25) is 24.0 Å². The molecule has 0 aliphatic carbocycles. The molecule has 0 rings (SSSR count). The quantitative estimate of drug-likeness (QED) is 0.249. The standard InChI is InChI=1S/C11H19N5O6/c1-5(10(21)15-4-9(19)20)16-8(18)3-14-11(22)6(12)2-7(13)17/h5-6H,2-4,12H2,1H3,(H2,13,17)(H,14,22)(H,15,21)(H,16,18)(H,19,20). The summed E-state index contributed by atoms with van der Waals surface area (Å²) in [7, 11) is 0. The van der Waals surface area contributed by atoms with Gasteiger partial charge in [-0.1, -0.05) is 0 Å². The van der Waals surface area contributed by atoms with Crippen LogP contribution in [0.15, 0.2) is 0 Å². The Balaban J connectivity index is 4.12. The Kier molecular flexibility index (Phi) is 8.15. The molecule has 11 heteroatoms. The average Bonchev–Trinajstić information content (AvgIpc) is 2.40. The van der Waals surface area contributed by atoms with Crippen molar-refractivity contribution >= 4 is 29.6 Å². The third kappa shape index (κ3) is 8.47. The Morgan fingerprint density at radius 3 is 2.09 bits per heavy atom. The molecular formula is C11H19N5O6. The Hall–Kier alpha value is -2.69. The summed E-state index contributed by atoms with van der Waals surface area (Å²) in [4.78, 5) is 55.2. The van der Waals surface area contributed by atoms with Gasteiger partial charge in [0, 0.05) is 0 Å². The molecule has 0 spiro atoms. The SMILES string of the molecule is CC(NC(=O)CNC(=O)C(N)CC(N)=O)C(=O)NCC(=O)O. The van der Waals surface area contributed by atoms with Gasteiger partial charge >= 0.3 is 5.97 Å². The molecule has 0 aliphatic heterocycles. The van der Waals surface area contributed by atoms with Crippen molar-refractivity contribution in [1.82, 2.24) is 16.0 Å². The maximum atomic E-state index is 11.5. The van der Waals surface area contributed by atoms with Crippen LogP contribution in [0.2, 0.25) is 0 Å². The molecule has 0 saturated heterocycles. The van der Waals surface area contributed by atoms with Crippen molar-refractivity contribution in [2.45, 2.75) is 25.4 Å². The van der Waals surface area contributed by atoms with Crippen molar-refractivity contribution in [3.63, 3.8) is 0 Å². The minimum Gasteiger partial charge on any atom is -0.480 e. The number of carboxylic acid groups (broad SMARTS) is 1. The molecule has 0 aromatic heterocycles. The summed E-state index contributed by atoms with van der Waals surface area (Å²) in [6.45, 7) is 0.315. The summed E-state index contributed by atoms with van der Waals surface area (Å²) in [6.07, 6.45) is -0.360. The molecule has 0 fully saturated rings. The number of primary amides is 1. The number of nitrogens with one attached hydrogen (secondary N) is 3. The van der Waals surface area contributed by atoms with Crippen molar-refractivity contribution in [3.05, 3.63) is 0 Å². The van der Waals surface area contributed by atoms with E-state index in [2.05, 4.69) is 16.0 Å². The lowest BCUT2D eigenvalue weighted by molar-refractivity contribution is -0.138. The number of carbonyl (C=O) groups is 5. The summed E-state index contributed by atoms with van der Waals surface area (Å²) in [5.41, 5.74) is 10.2. The van der Waals surface area contributed by atoms with Gasteiger partial charge in [0.05, 0.1) is 19.0 Å². The van der Waals surface area contributed by atoms with Gasteiger partial charge in [-0.2, -0.15) is 0 Å². The van der Waals surface area contributed by atoms with Crippen molar-refractivity contribution < 1.29 is 29.1 Å². The van der Waals surface area contributed by atoms with Crippen LogP contribution in [0.1, 0.15) is 13.3 Å². The lowest BCUT2D eigenvalue weighted by Gasteiger charge is -2.14. The van der Waals surface area contributed by atoms with Crippen LogP contribution in [0.3, 0.4) is 0 Å². The van der Waals surface area contributed by atoms with Crippen molar-refractivity contribution in [3.8, 4) is 0 Å². The predicted molar refractivity (Wildman–Crippen MR) is 73.0 cm³/mol. The van der Waals surface area contributed by atoms with Gasteiger partial charge < -0.3 is 32.5 Å². The first-order valence-corrected chi connectivity index (χ1v) is 6.24. The van der Waals surface area contributed by atoms with Gasteiger partial charge in [0.25, 0.3) is 0 Å². The number of hydrogen-bond acceptors (Lipinski definition) is 6. The first-order valence-electron chi connectivity index (χ1n) is 6.24. The second kappa shape index (κ2) is 9.28. The highest BCUT2D eigenvalue weighted by molar-refractivity contribution is 5.92. The van der Waals surface area contributed by atoms with E-state index in [1.54, 1.807) is 0 Å². The van der Waals surface area contributed by atoms with E-state index in [9.17, 15) is 24.0 Å². The summed E-state index contributed by atoms with van der Waals surface area (Å²) in [5, 5.41) is 14.9. The lowest BCUT2D eigenvalue weighted by atomic mass is 10.2. The van der Waals surface area contributed by atoms with Gasteiger partial charge in [-0.05, 0) is 6.92 Å². The monoisotopic (exact) mass is 317 g/mol. The number of carbonyl (C=O) groups excluding carboxylic acids is 4. The maximum absolute atomic E-state index is 11.5. The van der Waals surface area contributed by atoms with Crippen LogP contribution in [0.5, 0.6) is 0 Å². The highest BCUT2D eigenvalue weighted by atomic mass is 16.4. The Labute approximate surface area is 125 Å². The first-order chi connectivity index (χ1) is 10.1. The highest BCUT2D eigenvalue weighted by Crippen LogP contribution is 1.87. The van der Waals surface area contributed by atoms with Crippen molar-refractivity contribution in [1.29, 1.82) is 0 Å². The third-order valence-electron chi connectivity index (χ3n) is 2.37. The summed E-state index contributed by atoms with van der Waals surface area (Å²) >= 11 is 0. The second-order valence-corrected chi connectivity index (χ2v) is 4.40. The van der Waals surface area contributed by atoms with Crippen LogP contribution in [-0.4, -0.2) is 59.9 Å². The zero-order chi connectivity index (χ0) is 17.3. The topological polar surface area (TPSA) is 194 Å². The van der Waals surface area contributed by atoms with Crippen LogP contribution in [0.4, 0.5) is 0 Å². The number of rotatable bonds is 9. The van der Waals surface area contributed by atoms with Gasteiger partial charge in [0.15, 0.2) is 0 Å². The van der Waals surface area contributed by atoms with Crippen LogP contribution < -0.4 is 27.4 Å². The van der Waals surface area contributed by atoms with E-state index in [0.29, 0.717) is 0 Å². The fourth-order valence-electron chi connectivity index (χ4n) is 1.28. The number of nitrogens with two attached hydrogens (primary N) is 2. The third-order valence-corrected chi connectivity index (χ3v) is 2.37. The van der Waals surface area contributed by atoms with Crippen LogP contribution in [-0.2, 0) is 24.0 Å². The average molecular weight is 317 g/mol. The maximum Gasteiger partial charge on any atom is 0.322 e. The first kappa shape index (κ1) is 19.3. The molecule has 8 N–H and O–H groups in total. The molecule has 0 radical (unpaired) electrons. The molecule has 2 unspecified atom stereocenters. The Morgan fingerprint density at radius 2 is 1.59 bits per heavy atom. The number of hydrogen-bond donors (Lipinski definition) is 6. The minimum absolute atomic E-state index is 0.360. The molecule has 0 aromatic rings. The zero-order valence-corrected chi connectivity index (χ0v) is 11.9. The number of carboxylic acids is 1. The normalized spacial score (nSPS) is 12.6. The second-order valence-electron chi connectivity index (χ2n) is 4.40. The van der Waals surface area contributed by atoms with Crippen LogP contribution >= 0.6 is 0 Å². The molecule has 0 heterocycles. The largest absolute Gasteiger partial charge is 0.480 e. The molecule has 22 heavy (non-hydrogen) atoms. The van der Waals surface area contributed by atoms with Gasteiger partial charge in [0.1, 0.15) is 12.6 Å². The predicted octanol–water partition coefficient (Wildman–Crippen LogP) is -3.99. The molecule has 4 amide bonds. The van der Waals surface area contributed by atoms with E-state index < -0.39 is 54.8 Å². The van der Waals surface area contributed by atoms with Gasteiger partial charge in [0.2, 0.25) is 23.6 Å². The minimum atomic E-state index is -1.22. The van der Waals surface area contributed by atoms with Crippen LogP contribution in [0, 0.1) is 0 Å². The van der Waals surface area contributed by atoms with Gasteiger partial charge in [-0.15, -0.1) is 0 Å². The van der Waals surface area contributed by atoms with E-state index in [1.807, 2.05) is 0 Å². The van der Waals surface area contributed by atoms with E-state index in [1.165, 1.54) is 6.92 Å². The smallest absolute Gasteiger partial charge is 0.322 e. The number of amides is 4. The molecular weight excluding hydrogens is 298 g/mol. The van der Waals surface area contributed by atoms with Crippen LogP contribution in [0.25, 0.3) is 0 Å². The Morgan fingerprint density at radius 1 is 1.05 bits per heavy atom. The Bertz CT molecular complexity index is 466. The summed E-state index contributed by atoms with van der Waals surface area (Å²) < 4.78 is 0. The summed E-state index contributed by atoms with van der Waals surface area (Å²) in [6, 6.07) is -2.15. The van der Waals surface area contributed by atoms with Crippen molar-refractivity contribution in [2.75, 3.05) is 13.1 Å². The molecule has 11 nitrogen and oxygen atoms in total. The fraction of sp³-hybridized carbons (Fsp3) is 0.545. The molecule has 0 aromatic carbocycles. The van der Waals surface area contributed by atoms with Crippen molar-refractivity contribution in [2.24, 2.45) is 11.5 Å². The molecule has 0 saturated carbocycles. The van der Waals surface area contributed by atoms with E-state index in [-0.39, 0.29) is 6.42 Å². The summed E-state index contributed by atoms with van der Waals surface area (Å²) in [5.74, 6) is -4.08. The molecule has 124 valence electrons. The van der Waals surface area contributed by atoms with E-state index >= 15 is 0 Å². The lowest BCUT2D eigenvalue weighted by Crippen LogP contribution is -2.50. The van der Waals surface area contributed by atoms with Gasteiger partial charge in [-0.25, -0.2) is 0 Å². The zero-order valence-electron chi connectivity index (χ0n) is 11.9. The molecule has 2 atom stereocenters. The molecule has 0 aliphatic rings. The highest BCUT2D eigenvalue weighted by Gasteiger charge is 2.19. The fourth-order valence-corrected chi connectivity index (χ4v) is 1.28. The molecule has 0 bridgehead atoms.